The number of benzene rings is 1. The van der Waals surface area contributed by atoms with Gasteiger partial charge in [-0.25, -0.2) is 0 Å². The molecule has 2 N–H and O–H groups in total. The third-order valence-corrected chi connectivity index (χ3v) is 3.09. The van der Waals surface area contributed by atoms with Gasteiger partial charge in [0.1, 0.15) is 5.75 Å². The van der Waals surface area contributed by atoms with Crippen molar-refractivity contribution in [2.24, 2.45) is 0 Å². The third-order valence-electron chi connectivity index (χ3n) is 2.59. The maximum Gasteiger partial charge on any atom is 0.261 e. The summed E-state index contributed by atoms with van der Waals surface area (Å²) in [6.45, 7) is 9.10. The van der Waals surface area contributed by atoms with Crippen LogP contribution in [0.3, 0.4) is 0 Å². The minimum absolute atomic E-state index is 0.183. The predicted molar refractivity (Wildman–Crippen MR) is 82.8 cm³/mol. The number of hydrogen-bond acceptors (Lipinski definition) is 3. The average molecular weight is 344 g/mol. The van der Waals surface area contributed by atoms with E-state index < -0.39 is 12.2 Å². The number of ether oxygens (including phenoxy) is 1. The third kappa shape index (κ3) is 5.13. The van der Waals surface area contributed by atoms with Gasteiger partial charge in [-0.3, -0.25) is 4.79 Å². The van der Waals surface area contributed by atoms with Crippen LogP contribution in [0.2, 0.25) is 0 Å². The van der Waals surface area contributed by atoms with Crippen molar-refractivity contribution in [3.8, 4) is 5.75 Å². The monoisotopic (exact) mass is 343 g/mol. The van der Waals surface area contributed by atoms with Crippen molar-refractivity contribution in [2.45, 2.75) is 52.4 Å². The summed E-state index contributed by atoms with van der Waals surface area (Å²) in [7, 11) is 0. The molecule has 4 nitrogen and oxygen atoms in total. The fraction of sp³-hybridized carbons (Fsp3) is 0.533. The lowest BCUT2D eigenvalue weighted by Crippen LogP contribution is -2.46. The van der Waals surface area contributed by atoms with Crippen LogP contribution in [0.25, 0.3) is 0 Å². The van der Waals surface area contributed by atoms with Crippen molar-refractivity contribution in [3.05, 3.63) is 28.2 Å². The first-order valence-corrected chi connectivity index (χ1v) is 7.35. The van der Waals surface area contributed by atoms with Gasteiger partial charge in [-0.15, -0.1) is 0 Å². The molecule has 0 aromatic heterocycles. The van der Waals surface area contributed by atoms with Crippen molar-refractivity contribution in [2.75, 3.05) is 0 Å². The molecule has 0 aliphatic rings. The number of nitrogens with one attached hydrogen (secondary N) is 1. The van der Waals surface area contributed by atoms with Crippen LogP contribution in [-0.4, -0.2) is 22.7 Å². The van der Waals surface area contributed by atoms with Gasteiger partial charge in [0.2, 0.25) is 0 Å². The fourth-order valence-corrected chi connectivity index (χ4v) is 2.05. The molecule has 1 amide bonds. The first-order valence-electron chi connectivity index (χ1n) is 6.56. The number of amides is 1. The molecule has 2 atom stereocenters. The van der Waals surface area contributed by atoms with E-state index >= 15 is 0 Å². The molecule has 0 radical (unpaired) electrons. The number of rotatable bonds is 4. The molecule has 0 aliphatic heterocycles. The van der Waals surface area contributed by atoms with Crippen molar-refractivity contribution in [3.63, 3.8) is 0 Å². The number of halogens is 1. The molecule has 1 unspecified atom stereocenters. The largest absolute Gasteiger partial charge is 0.481 e. The number of carbonyl (C=O) groups excluding carboxylic acids is 1. The molecule has 0 saturated heterocycles. The second kappa shape index (κ2) is 6.59. The van der Waals surface area contributed by atoms with Crippen LogP contribution in [0.1, 0.15) is 46.3 Å². The molecule has 0 saturated carbocycles. The van der Waals surface area contributed by atoms with Crippen molar-refractivity contribution < 1.29 is 14.6 Å². The molecule has 0 aliphatic carbocycles. The molecule has 1 aromatic rings. The van der Waals surface area contributed by atoms with Gasteiger partial charge in [-0.2, -0.15) is 0 Å². The summed E-state index contributed by atoms with van der Waals surface area (Å²) < 4.78 is 6.53. The highest BCUT2D eigenvalue weighted by atomic mass is 79.9. The van der Waals surface area contributed by atoms with Gasteiger partial charge >= 0.3 is 0 Å². The van der Waals surface area contributed by atoms with Crippen LogP contribution < -0.4 is 10.1 Å². The molecule has 0 spiro atoms. The van der Waals surface area contributed by atoms with Gasteiger partial charge in [0, 0.05) is 15.6 Å². The zero-order valence-electron chi connectivity index (χ0n) is 12.5. The minimum Gasteiger partial charge on any atom is -0.481 e. The maximum atomic E-state index is 12.0. The Morgan fingerprint density at radius 1 is 1.35 bits per heavy atom. The van der Waals surface area contributed by atoms with E-state index in [0.29, 0.717) is 11.3 Å². The normalized spacial score (nSPS) is 14.6. The zero-order valence-corrected chi connectivity index (χ0v) is 14.1. The second-order valence-electron chi connectivity index (χ2n) is 5.86. The van der Waals surface area contributed by atoms with Crippen LogP contribution in [-0.2, 0) is 4.79 Å². The summed E-state index contributed by atoms with van der Waals surface area (Å²) in [4.78, 5) is 12.0. The highest BCUT2D eigenvalue weighted by molar-refractivity contribution is 9.10. The molecular weight excluding hydrogens is 322 g/mol. The molecule has 0 fully saturated rings. The summed E-state index contributed by atoms with van der Waals surface area (Å²) in [6.07, 6.45) is -1.30. The Labute approximate surface area is 128 Å². The molecule has 0 heterocycles. The summed E-state index contributed by atoms with van der Waals surface area (Å²) in [5, 5.41) is 12.6. The van der Waals surface area contributed by atoms with Crippen molar-refractivity contribution >= 4 is 21.8 Å². The smallest absolute Gasteiger partial charge is 0.261 e. The van der Waals surface area contributed by atoms with Crippen LogP contribution in [0.5, 0.6) is 5.75 Å². The molecular formula is C15H22BrNO3. The maximum absolute atomic E-state index is 12.0. The fourth-order valence-electron chi connectivity index (χ4n) is 1.67. The molecule has 0 bridgehead atoms. The van der Waals surface area contributed by atoms with E-state index in [1.165, 1.54) is 0 Å². The van der Waals surface area contributed by atoms with Crippen LogP contribution in [0.15, 0.2) is 22.7 Å². The van der Waals surface area contributed by atoms with Gasteiger partial charge in [-0.05, 0) is 52.8 Å². The van der Waals surface area contributed by atoms with Gasteiger partial charge < -0.3 is 15.2 Å². The Bertz CT molecular complexity index is 480. The Hall–Kier alpha value is -1.07. The van der Waals surface area contributed by atoms with E-state index in [1.54, 1.807) is 26.0 Å². The minimum atomic E-state index is -0.666. The van der Waals surface area contributed by atoms with Gasteiger partial charge in [0.05, 0.1) is 6.10 Å². The summed E-state index contributed by atoms with van der Waals surface area (Å²) >= 11 is 3.35. The van der Waals surface area contributed by atoms with E-state index in [0.717, 1.165) is 4.47 Å². The van der Waals surface area contributed by atoms with Gasteiger partial charge in [-0.1, -0.05) is 15.9 Å². The molecule has 1 rings (SSSR count). The van der Waals surface area contributed by atoms with Crippen molar-refractivity contribution in [1.29, 1.82) is 0 Å². The SMILES string of the molecule is CC(Oc1ccc(Br)cc1[C@@H](C)O)C(=O)NC(C)(C)C. The van der Waals surface area contributed by atoms with Crippen LogP contribution in [0, 0.1) is 0 Å². The Morgan fingerprint density at radius 2 is 1.95 bits per heavy atom. The van der Waals surface area contributed by atoms with Gasteiger partial charge in [0.15, 0.2) is 6.10 Å². The summed E-state index contributed by atoms with van der Waals surface area (Å²) in [5.74, 6) is 0.330. The standard InChI is InChI=1S/C15H22BrNO3/c1-9(18)12-8-11(16)6-7-13(12)20-10(2)14(19)17-15(3,4)5/h6-10,18H,1-5H3,(H,17,19)/t9-,10?/m1/s1. The van der Waals surface area contributed by atoms with E-state index in [2.05, 4.69) is 21.2 Å². The molecule has 5 heteroatoms. The zero-order chi connectivity index (χ0) is 15.5. The molecule has 112 valence electrons. The Balaban J connectivity index is 2.85. The molecule has 20 heavy (non-hydrogen) atoms. The highest BCUT2D eigenvalue weighted by Crippen LogP contribution is 2.29. The van der Waals surface area contributed by atoms with Crippen LogP contribution >= 0.6 is 15.9 Å². The van der Waals surface area contributed by atoms with E-state index in [4.69, 9.17) is 4.74 Å². The van der Waals surface area contributed by atoms with E-state index in [1.807, 2.05) is 26.8 Å². The van der Waals surface area contributed by atoms with E-state index in [-0.39, 0.29) is 11.4 Å². The summed E-state index contributed by atoms with van der Waals surface area (Å²) in [5.41, 5.74) is 0.344. The lowest BCUT2D eigenvalue weighted by Gasteiger charge is -2.24. The number of aliphatic hydroxyl groups excluding tert-OH is 1. The summed E-state index contributed by atoms with van der Waals surface area (Å²) in [6, 6.07) is 5.34. The Kier molecular flexibility index (Phi) is 5.59. The quantitative estimate of drug-likeness (QED) is 0.882. The highest BCUT2D eigenvalue weighted by Gasteiger charge is 2.22. The lowest BCUT2D eigenvalue weighted by molar-refractivity contribution is -0.128. The number of hydrogen-bond donors (Lipinski definition) is 2. The first kappa shape index (κ1) is 17.0. The average Bonchev–Trinajstić information content (AvgIpc) is 2.28. The van der Waals surface area contributed by atoms with Crippen molar-refractivity contribution in [1.82, 2.24) is 5.32 Å². The van der Waals surface area contributed by atoms with E-state index in [9.17, 15) is 9.90 Å². The van der Waals surface area contributed by atoms with Crippen LogP contribution in [0.4, 0.5) is 0 Å². The molecule has 1 aromatic carbocycles. The number of aliphatic hydroxyl groups is 1. The Morgan fingerprint density at radius 3 is 2.45 bits per heavy atom. The van der Waals surface area contributed by atoms with Gasteiger partial charge in [0.25, 0.3) is 5.91 Å². The topological polar surface area (TPSA) is 58.6 Å². The number of carbonyl (C=O) groups is 1. The first-order chi connectivity index (χ1) is 9.10. The lowest BCUT2D eigenvalue weighted by atomic mass is 10.1. The second-order valence-corrected chi connectivity index (χ2v) is 6.77. The predicted octanol–water partition coefficient (Wildman–Crippen LogP) is 3.18.